The Balaban J connectivity index is 2.04. The second-order valence-electron chi connectivity index (χ2n) is 5.36. The molecule has 1 radical (unpaired) electrons. The Labute approximate surface area is 127 Å². The van der Waals surface area contributed by atoms with Crippen LogP contribution in [0.1, 0.15) is 18.4 Å². The Kier molecular flexibility index (Phi) is 5.88. The number of ether oxygens (including phenoxy) is 2. The summed E-state index contributed by atoms with van der Waals surface area (Å²) in [4.78, 5) is 2.16. The third-order valence-corrected chi connectivity index (χ3v) is 3.37. The van der Waals surface area contributed by atoms with E-state index in [0.29, 0.717) is 0 Å². The molecule has 1 aliphatic rings. The summed E-state index contributed by atoms with van der Waals surface area (Å²) in [5, 5.41) is 0. The molecule has 0 fully saturated rings. The van der Waals surface area contributed by atoms with Crippen LogP contribution in [-0.2, 0) is 4.74 Å². The van der Waals surface area contributed by atoms with Gasteiger partial charge in [-0.1, -0.05) is 24.3 Å². The standard InChI is InChI=1S/C18H24NO2/c1-19(2)12-7-13-21-16-9-6-8-15(14-16)17-10-4-5-11-18(17)20-3/h4,6,8-11,14H,5,7,12-13H2,1-3H3. The lowest BCUT2D eigenvalue weighted by Gasteiger charge is -2.16. The van der Waals surface area contributed by atoms with Crippen LogP contribution in [0.2, 0.25) is 0 Å². The van der Waals surface area contributed by atoms with Crippen LogP contribution in [0.25, 0.3) is 5.57 Å². The SMILES string of the molecule is COC1=C(c2cccc(OCCCN(C)C)c2)C=CC[CH]1. The number of hydrogen-bond donors (Lipinski definition) is 0. The van der Waals surface area contributed by atoms with Gasteiger partial charge in [0.15, 0.2) is 0 Å². The van der Waals surface area contributed by atoms with Gasteiger partial charge in [-0.3, -0.25) is 0 Å². The molecule has 0 bridgehead atoms. The summed E-state index contributed by atoms with van der Waals surface area (Å²) in [6.07, 6.45) is 8.30. The minimum Gasteiger partial charge on any atom is -0.500 e. The van der Waals surface area contributed by atoms with E-state index in [0.717, 1.165) is 48.6 Å². The van der Waals surface area contributed by atoms with Crippen LogP contribution in [0.5, 0.6) is 5.75 Å². The van der Waals surface area contributed by atoms with E-state index in [1.54, 1.807) is 7.11 Å². The topological polar surface area (TPSA) is 21.7 Å². The van der Waals surface area contributed by atoms with E-state index in [2.05, 4.69) is 49.7 Å². The first kappa shape index (κ1) is 15.6. The lowest BCUT2D eigenvalue weighted by Crippen LogP contribution is -2.15. The molecule has 3 nitrogen and oxygen atoms in total. The normalized spacial score (nSPS) is 14.7. The Morgan fingerprint density at radius 1 is 1.24 bits per heavy atom. The Morgan fingerprint density at radius 2 is 2.10 bits per heavy atom. The van der Waals surface area contributed by atoms with Crippen LogP contribution < -0.4 is 4.74 Å². The molecule has 2 rings (SSSR count). The van der Waals surface area contributed by atoms with Crippen molar-refractivity contribution < 1.29 is 9.47 Å². The molecule has 0 unspecified atom stereocenters. The summed E-state index contributed by atoms with van der Waals surface area (Å²) >= 11 is 0. The largest absolute Gasteiger partial charge is 0.500 e. The van der Waals surface area contributed by atoms with Gasteiger partial charge in [0.2, 0.25) is 0 Å². The zero-order valence-electron chi connectivity index (χ0n) is 13.1. The third kappa shape index (κ3) is 4.64. The zero-order chi connectivity index (χ0) is 15.1. The Morgan fingerprint density at radius 3 is 2.86 bits per heavy atom. The van der Waals surface area contributed by atoms with Crippen LogP contribution in [0, 0.1) is 6.42 Å². The molecule has 0 N–H and O–H groups in total. The van der Waals surface area contributed by atoms with Crippen molar-refractivity contribution in [1.82, 2.24) is 4.90 Å². The molecule has 21 heavy (non-hydrogen) atoms. The van der Waals surface area contributed by atoms with Gasteiger partial charge < -0.3 is 14.4 Å². The van der Waals surface area contributed by atoms with Crippen molar-refractivity contribution in [1.29, 1.82) is 0 Å². The predicted molar refractivity (Wildman–Crippen MR) is 87.1 cm³/mol. The number of nitrogens with zero attached hydrogens (tertiary/aromatic N) is 1. The number of methoxy groups -OCH3 is 1. The highest BCUT2D eigenvalue weighted by atomic mass is 16.5. The predicted octanol–water partition coefficient (Wildman–Crippen LogP) is 3.54. The van der Waals surface area contributed by atoms with E-state index >= 15 is 0 Å². The molecule has 0 saturated carbocycles. The summed E-state index contributed by atoms with van der Waals surface area (Å²) in [6.45, 7) is 1.77. The van der Waals surface area contributed by atoms with Gasteiger partial charge in [-0.2, -0.15) is 0 Å². The van der Waals surface area contributed by atoms with Crippen LogP contribution in [0.4, 0.5) is 0 Å². The summed E-state index contributed by atoms with van der Waals surface area (Å²) in [5.74, 6) is 1.84. The van der Waals surface area contributed by atoms with E-state index in [9.17, 15) is 0 Å². The molecular formula is C18H24NO2. The van der Waals surface area contributed by atoms with E-state index in [1.165, 1.54) is 0 Å². The number of allylic oxidation sites excluding steroid dienone is 4. The lowest BCUT2D eigenvalue weighted by molar-refractivity contribution is 0.281. The average molecular weight is 286 g/mol. The molecule has 0 amide bonds. The molecule has 0 aliphatic heterocycles. The van der Waals surface area contributed by atoms with Crippen LogP contribution >= 0.6 is 0 Å². The fourth-order valence-electron chi connectivity index (χ4n) is 2.31. The maximum Gasteiger partial charge on any atom is 0.119 e. The van der Waals surface area contributed by atoms with Gasteiger partial charge in [0, 0.05) is 18.5 Å². The quantitative estimate of drug-likeness (QED) is 0.716. The van der Waals surface area contributed by atoms with Crippen molar-refractivity contribution in [3.63, 3.8) is 0 Å². The average Bonchev–Trinajstić information content (AvgIpc) is 2.51. The molecule has 1 aromatic rings. The highest BCUT2D eigenvalue weighted by molar-refractivity contribution is 5.78. The Hall–Kier alpha value is -1.74. The fraction of sp³-hybridized carbons (Fsp3) is 0.389. The molecule has 0 saturated heterocycles. The van der Waals surface area contributed by atoms with Crippen molar-refractivity contribution in [2.45, 2.75) is 12.8 Å². The third-order valence-electron chi connectivity index (χ3n) is 3.37. The number of benzene rings is 1. The number of hydrogen-bond acceptors (Lipinski definition) is 3. The highest BCUT2D eigenvalue weighted by Gasteiger charge is 2.11. The first-order valence-corrected chi connectivity index (χ1v) is 7.36. The van der Waals surface area contributed by atoms with Gasteiger partial charge in [0.05, 0.1) is 13.7 Å². The van der Waals surface area contributed by atoms with E-state index < -0.39 is 0 Å². The zero-order valence-corrected chi connectivity index (χ0v) is 13.1. The molecule has 3 heteroatoms. The van der Waals surface area contributed by atoms with Gasteiger partial charge in [-0.25, -0.2) is 0 Å². The first-order chi connectivity index (χ1) is 10.2. The molecule has 0 aromatic heterocycles. The van der Waals surface area contributed by atoms with E-state index in [-0.39, 0.29) is 0 Å². The number of rotatable bonds is 7. The minimum absolute atomic E-state index is 0.736. The first-order valence-electron chi connectivity index (χ1n) is 7.36. The van der Waals surface area contributed by atoms with E-state index in [4.69, 9.17) is 9.47 Å². The summed E-state index contributed by atoms with van der Waals surface area (Å²) in [7, 11) is 5.86. The molecule has 0 atom stereocenters. The fourth-order valence-corrected chi connectivity index (χ4v) is 2.31. The molecule has 1 aromatic carbocycles. The molecule has 0 heterocycles. The molecule has 1 aliphatic carbocycles. The molecule has 113 valence electrons. The molecular weight excluding hydrogens is 262 g/mol. The van der Waals surface area contributed by atoms with Crippen LogP contribution in [0.15, 0.2) is 42.2 Å². The highest BCUT2D eigenvalue weighted by Crippen LogP contribution is 2.29. The summed E-state index contributed by atoms with van der Waals surface area (Å²) in [5.41, 5.74) is 2.24. The van der Waals surface area contributed by atoms with Gasteiger partial charge in [-0.05, 0) is 44.6 Å². The lowest BCUT2D eigenvalue weighted by atomic mass is 9.98. The van der Waals surface area contributed by atoms with Crippen LogP contribution in [-0.4, -0.2) is 39.3 Å². The van der Waals surface area contributed by atoms with Gasteiger partial charge in [0.1, 0.15) is 11.5 Å². The monoisotopic (exact) mass is 286 g/mol. The van der Waals surface area contributed by atoms with Crippen molar-refractivity contribution >= 4 is 5.57 Å². The van der Waals surface area contributed by atoms with Crippen molar-refractivity contribution in [2.75, 3.05) is 34.4 Å². The van der Waals surface area contributed by atoms with Crippen molar-refractivity contribution in [2.24, 2.45) is 0 Å². The van der Waals surface area contributed by atoms with Gasteiger partial charge >= 0.3 is 0 Å². The maximum absolute atomic E-state index is 5.83. The minimum atomic E-state index is 0.736. The van der Waals surface area contributed by atoms with E-state index in [1.807, 2.05) is 12.1 Å². The van der Waals surface area contributed by atoms with Gasteiger partial charge in [-0.15, -0.1) is 0 Å². The van der Waals surface area contributed by atoms with Crippen molar-refractivity contribution in [3.05, 3.63) is 54.2 Å². The van der Waals surface area contributed by atoms with Gasteiger partial charge in [0.25, 0.3) is 0 Å². The molecule has 0 spiro atoms. The second kappa shape index (κ2) is 7.89. The summed E-state index contributed by atoms with van der Waals surface area (Å²) in [6, 6.07) is 8.19. The summed E-state index contributed by atoms with van der Waals surface area (Å²) < 4.78 is 11.3. The Bertz CT molecular complexity index is 518. The second-order valence-corrected chi connectivity index (χ2v) is 5.36. The maximum atomic E-state index is 5.83. The van der Waals surface area contributed by atoms with Crippen molar-refractivity contribution in [3.8, 4) is 5.75 Å². The smallest absolute Gasteiger partial charge is 0.119 e. The van der Waals surface area contributed by atoms with Crippen LogP contribution in [0.3, 0.4) is 0 Å².